The molecule has 4 atom stereocenters. The van der Waals surface area contributed by atoms with Crippen molar-refractivity contribution in [3.05, 3.63) is 6.92 Å². The number of carbonyl (C=O) groups excluding carboxylic acids is 1. The van der Waals surface area contributed by atoms with Crippen LogP contribution in [0.5, 0.6) is 0 Å². The Hall–Kier alpha value is -0.820. The van der Waals surface area contributed by atoms with E-state index in [9.17, 15) is 20.1 Å². The van der Waals surface area contributed by atoms with Crippen LogP contribution in [0.3, 0.4) is 0 Å². The van der Waals surface area contributed by atoms with Crippen LogP contribution in [0.4, 0.5) is 0 Å². The van der Waals surface area contributed by atoms with Gasteiger partial charge >= 0.3 is 0 Å². The molecule has 0 radical (unpaired) electrons. The predicted molar refractivity (Wildman–Crippen MR) is 62.0 cm³/mol. The summed E-state index contributed by atoms with van der Waals surface area (Å²) in [5.74, 6) is -0.252. The second kappa shape index (κ2) is 6.20. The predicted octanol–water partition coefficient (Wildman–Crippen LogP) is -1.89. The molecule has 17 heavy (non-hydrogen) atoms. The number of hydrogen-bond donors (Lipinski definition) is 4. The van der Waals surface area contributed by atoms with E-state index in [1.165, 1.54) is 6.92 Å². The average Bonchev–Trinajstić information content (AvgIpc) is 2.26. The number of rotatable bonds is 4. The number of hydrogen-bond acceptors (Lipinski definition) is 5. The van der Waals surface area contributed by atoms with Crippen LogP contribution in [0, 0.1) is 6.92 Å². The Morgan fingerprint density at radius 3 is 2.59 bits per heavy atom. The van der Waals surface area contributed by atoms with E-state index in [1.807, 2.05) is 4.90 Å². The molecule has 1 aliphatic rings. The minimum absolute atomic E-state index is 0.231. The lowest BCUT2D eigenvalue weighted by Crippen LogP contribution is -2.66. The molecule has 0 aromatic carbocycles. The number of nitrogens with zero attached hydrogens (tertiary/aromatic N) is 1. The molecule has 0 bridgehead atoms. The first-order valence-corrected chi connectivity index (χ1v) is 5.78. The van der Waals surface area contributed by atoms with Crippen molar-refractivity contribution >= 4 is 5.91 Å². The van der Waals surface area contributed by atoms with Crippen LogP contribution in [-0.4, -0.2) is 70.1 Å². The lowest BCUT2D eigenvalue weighted by Gasteiger charge is -2.44. The van der Waals surface area contributed by atoms with Crippen molar-refractivity contribution in [2.75, 3.05) is 19.7 Å². The van der Waals surface area contributed by atoms with Gasteiger partial charge in [-0.3, -0.25) is 9.69 Å². The smallest absolute Gasteiger partial charge is 0.217 e. The molecule has 1 aliphatic heterocycles. The molecule has 3 unspecified atom stereocenters. The van der Waals surface area contributed by atoms with E-state index in [4.69, 9.17) is 0 Å². The molecule has 98 valence electrons. The minimum Gasteiger partial charge on any atom is -0.395 e. The molecule has 6 nitrogen and oxygen atoms in total. The largest absolute Gasteiger partial charge is 0.395 e. The summed E-state index contributed by atoms with van der Waals surface area (Å²) in [4.78, 5) is 12.8. The molecule has 1 fully saturated rings. The van der Waals surface area contributed by atoms with Gasteiger partial charge in [-0.05, 0) is 0 Å². The van der Waals surface area contributed by atoms with Gasteiger partial charge in [-0.1, -0.05) is 0 Å². The van der Waals surface area contributed by atoms with Crippen LogP contribution < -0.4 is 5.32 Å². The van der Waals surface area contributed by atoms with E-state index >= 15 is 0 Å². The third kappa shape index (κ3) is 3.32. The molecule has 0 aromatic rings. The van der Waals surface area contributed by atoms with E-state index < -0.39 is 24.3 Å². The molecule has 0 spiro atoms. The van der Waals surface area contributed by atoms with Crippen LogP contribution in [-0.2, 0) is 4.79 Å². The Morgan fingerprint density at radius 2 is 2.12 bits per heavy atom. The van der Waals surface area contributed by atoms with E-state index in [1.54, 1.807) is 0 Å². The Kier molecular flexibility index (Phi) is 5.20. The second-order valence-electron chi connectivity index (χ2n) is 4.39. The highest BCUT2D eigenvalue weighted by Gasteiger charge is 2.41. The van der Waals surface area contributed by atoms with Crippen LogP contribution in [0.2, 0.25) is 0 Å². The summed E-state index contributed by atoms with van der Waals surface area (Å²) in [6.07, 6.45) is -1.50. The van der Waals surface area contributed by atoms with Crippen molar-refractivity contribution < 1.29 is 20.1 Å². The third-order valence-corrected chi connectivity index (χ3v) is 3.08. The van der Waals surface area contributed by atoms with Crippen molar-refractivity contribution in [2.24, 2.45) is 0 Å². The van der Waals surface area contributed by atoms with Crippen molar-refractivity contribution in [3.63, 3.8) is 0 Å². The lowest BCUT2D eigenvalue weighted by molar-refractivity contribution is -0.128. The highest BCUT2D eigenvalue weighted by Crippen LogP contribution is 2.19. The molecule has 6 heteroatoms. The third-order valence-electron chi connectivity index (χ3n) is 3.08. The monoisotopic (exact) mass is 245 g/mol. The Balaban J connectivity index is 2.74. The van der Waals surface area contributed by atoms with E-state index in [-0.39, 0.29) is 12.5 Å². The molecule has 0 aliphatic carbocycles. The fraction of sp³-hybridized carbons (Fsp3) is 0.818. The van der Waals surface area contributed by atoms with Gasteiger partial charge in [0.05, 0.1) is 38.1 Å². The Bertz CT molecular complexity index is 262. The number of amides is 1. The van der Waals surface area contributed by atoms with Gasteiger partial charge in [-0.15, -0.1) is 0 Å². The zero-order chi connectivity index (χ0) is 13.0. The lowest BCUT2D eigenvalue weighted by atomic mass is 9.92. The van der Waals surface area contributed by atoms with Gasteiger partial charge in [0, 0.05) is 20.0 Å². The van der Waals surface area contributed by atoms with Crippen LogP contribution in [0.15, 0.2) is 0 Å². The number of aliphatic hydroxyl groups is 3. The molecule has 1 saturated heterocycles. The van der Waals surface area contributed by atoms with Crippen molar-refractivity contribution in [3.8, 4) is 0 Å². The fourth-order valence-electron chi connectivity index (χ4n) is 2.25. The highest BCUT2D eigenvalue weighted by atomic mass is 16.3. The van der Waals surface area contributed by atoms with Crippen molar-refractivity contribution in [2.45, 2.75) is 37.6 Å². The fourth-order valence-corrected chi connectivity index (χ4v) is 2.25. The first-order chi connectivity index (χ1) is 8.01. The topological polar surface area (TPSA) is 93.0 Å². The summed E-state index contributed by atoms with van der Waals surface area (Å²) in [6.45, 7) is 5.86. The summed E-state index contributed by atoms with van der Waals surface area (Å²) >= 11 is 0. The number of nitrogens with one attached hydrogen (secondary N) is 1. The van der Waals surface area contributed by atoms with Gasteiger partial charge in [-0.2, -0.15) is 0 Å². The van der Waals surface area contributed by atoms with Crippen LogP contribution in [0.1, 0.15) is 13.3 Å². The first-order valence-electron chi connectivity index (χ1n) is 5.78. The summed E-state index contributed by atoms with van der Waals surface area (Å²) in [7, 11) is 0. The van der Waals surface area contributed by atoms with E-state index in [0.717, 1.165) is 0 Å². The number of piperidine rings is 1. The number of likely N-dealkylation sites (tertiary alicyclic amines) is 1. The van der Waals surface area contributed by atoms with Gasteiger partial charge in [0.15, 0.2) is 0 Å². The second-order valence-corrected chi connectivity index (χ2v) is 4.39. The SMILES string of the molecule is [CH2+]CCN1CC(NC(C)=O)C(O)[C@H](O)C1CO. The van der Waals surface area contributed by atoms with Crippen molar-refractivity contribution in [1.29, 1.82) is 0 Å². The molecular weight excluding hydrogens is 224 g/mol. The number of aliphatic hydroxyl groups excluding tert-OH is 3. The maximum atomic E-state index is 11.0. The number of carbonyl (C=O) groups is 1. The van der Waals surface area contributed by atoms with Crippen LogP contribution in [0.25, 0.3) is 0 Å². The zero-order valence-corrected chi connectivity index (χ0v) is 10.0. The standard InChI is InChI=1S/C11H20N2O4/c1-3-4-13-5-8(12-7(2)15)10(16)11(17)9(13)6-14/h8-11,14,16-17H,1,3-6H2,2H3/p+1/t8?,9?,10?,11-/m1/s1. The van der Waals surface area contributed by atoms with Gasteiger partial charge in [0.2, 0.25) is 5.91 Å². The van der Waals surface area contributed by atoms with Gasteiger partial charge < -0.3 is 20.6 Å². The van der Waals surface area contributed by atoms with Gasteiger partial charge in [-0.25, -0.2) is 0 Å². The molecule has 1 rings (SSSR count). The molecule has 1 heterocycles. The molecule has 0 saturated carbocycles. The maximum Gasteiger partial charge on any atom is 0.217 e. The Labute approximate surface area is 101 Å². The summed E-state index contributed by atoms with van der Waals surface area (Å²) < 4.78 is 0. The summed E-state index contributed by atoms with van der Waals surface area (Å²) in [5, 5.41) is 31.6. The van der Waals surface area contributed by atoms with E-state index in [0.29, 0.717) is 19.5 Å². The maximum absolute atomic E-state index is 11.0. The molecular formula is C11H21N2O4+. The molecule has 4 N–H and O–H groups in total. The highest BCUT2D eigenvalue weighted by molar-refractivity contribution is 5.73. The van der Waals surface area contributed by atoms with Crippen LogP contribution >= 0.6 is 0 Å². The van der Waals surface area contributed by atoms with Crippen molar-refractivity contribution in [1.82, 2.24) is 10.2 Å². The van der Waals surface area contributed by atoms with E-state index in [2.05, 4.69) is 12.2 Å². The molecule has 0 aromatic heterocycles. The quantitative estimate of drug-likeness (QED) is 0.435. The first kappa shape index (κ1) is 14.2. The zero-order valence-electron chi connectivity index (χ0n) is 10.0. The Morgan fingerprint density at radius 1 is 1.47 bits per heavy atom. The van der Waals surface area contributed by atoms with Gasteiger partial charge in [0.25, 0.3) is 0 Å². The van der Waals surface area contributed by atoms with Gasteiger partial charge in [0.1, 0.15) is 6.10 Å². The summed E-state index contributed by atoms with van der Waals surface area (Å²) in [5.41, 5.74) is 0. The summed E-state index contributed by atoms with van der Waals surface area (Å²) in [6, 6.07) is -1.02. The minimum atomic E-state index is -1.07. The normalized spacial score (nSPS) is 34.6. The molecule has 1 amide bonds. The average molecular weight is 245 g/mol.